The van der Waals surface area contributed by atoms with Crippen molar-refractivity contribution in [3.05, 3.63) is 59.0 Å². The van der Waals surface area contributed by atoms with E-state index in [1.165, 1.54) is 0 Å². The Morgan fingerprint density at radius 2 is 2.04 bits per heavy atom. The van der Waals surface area contributed by atoms with Crippen LogP contribution in [0.4, 0.5) is 4.79 Å². The first kappa shape index (κ1) is 18.8. The molecule has 0 fully saturated rings. The molecule has 1 aromatic heterocycles. The zero-order valence-electron chi connectivity index (χ0n) is 15.7. The van der Waals surface area contributed by atoms with Crippen molar-refractivity contribution in [2.24, 2.45) is 0 Å². The van der Waals surface area contributed by atoms with Gasteiger partial charge in [0.25, 0.3) is 0 Å². The Morgan fingerprint density at radius 1 is 1.32 bits per heavy atom. The number of aromatic nitrogens is 1. The fourth-order valence-electron chi connectivity index (χ4n) is 2.73. The van der Waals surface area contributed by atoms with Crippen molar-refractivity contribution in [3.63, 3.8) is 0 Å². The zero-order chi connectivity index (χ0) is 18.6. The molecule has 2 rings (SSSR count). The largest absolute Gasteiger partial charge is 0.361 e. The van der Waals surface area contributed by atoms with Crippen LogP contribution in [0, 0.1) is 13.8 Å². The van der Waals surface area contributed by atoms with Crippen LogP contribution in [-0.2, 0) is 12.0 Å². The van der Waals surface area contributed by atoms with Gasteiger partial charge in [-0.2, -0.15) is 0 Å². The van der Waals surface area contributed by atoms with Crippen molar-refractivity contribution in [3.8, 4) is 0 Å². The summed E-state index contributed by atoms with van der Waals surface area (Å²) in [5.41, 5.74) is 4.55. The lowest BCUT2D eigenvalue weighted by Crippen LogP contribution is -2.47. The second-order valence-corrected chi connectivity index (χ2v) is 6.92. The van der Waals surface area contributed by atoms with E-state index in [1.54, 1.807) is 0 Å². The van der Waals surface area contributed by atoms with Gasteiger partial charge in [0.05, 0.1) is 11.2 Å². The Labute approximate surface area is 149 Å². The molecule has 2 aromatic rings. The summed E-state index contributed by atoms with van der Waals surface area (Å²) in [5.74, 6) is 0.802. The van der Waals surface area contributed by atoms with Crippen molar-refractivity contribution in [1.29, 1.82) is 0 Å². The number of urea groups is 1. The van der Waals surface area contributed by atoms with Gasteiger partial charge in [-0.05, 0) is 58.2 Å². The van der Waals surface area contributed by atoms with E-state index < -0.39 is 5.54 Å². The van der Waals surface area contributed by atoms with Gasteiger partial charge in [-0.3, -0.25) is 0 Å². The number of hydrogen-bond acceptors (Lipinski definition) is 3. The predicted molar refractivity (Wildman–Crippen MR) is 100 cm³/mol. The minimum absolute atomic E-state index is 0.197. The number of hydrogen-bond donors (Lipinski definition) is 2. The molecule has 0 aliphatic carbocycles. The van der Waals surface area contributed by atoms with Crippen molar-refractivity contribution < 1.29 is 9.32 Å². The van der Waals surface area contributed by atoms with Crippen LogP contribution in [0.5, 0.6) is 0 Å². The van der Waals surface area contributed by atoms with E-state index in [1.807, 2.05) is 52.8 Å². The van der Waals surface area contributed by atoms with Crippen molar-refractivity contribution in [2.45, 2.75) is 46.6 Å². The number of nitrogens with one attached hydrogen (secondary N) is 2. The molecule has 0 unspecified atom stereocenters. The van der Waals surface area contributed by atoms with Gasteiger partial charge in [0, 0.05) is 12.1 Å². The highest BCUT2D eigenvalue weighted by molar-refractivity contribution is 5.75. The van der Waals surface area contributed by atoms with Crippen molar-refractivity contribution in [2.75, 3.05) is 6.54 Å². The lowest BCUT2D eigenvalue weighted by molar-refractivity contribution is 0.230. The molecule has 25 heavy (non-hydrogen) atoms. The molecule has 0 saturated carbocycles. The maximum Gasteiger partial charge on any atom is 0.315 e. The lowest BCUT2D eigenvalue weighted by Gasteiger charge is -2.27. The molecule has 134 valence electrons. The normalized spacial score (nSPS) is 11.2. The minimum Gasteiger partial charge on any atom is -0.361 e. The molecule has 2 N–H and O–H groups in total. The average Bonchev–Trinajstić information content (AvgIpc) is 2.86. The number of benzene rings is 1. The Hall–Kier alpha value is -2.56. The molecule has 0 bridgehead atoms. The third-order valence-electron chi connectivity index (χ3n) is 4.34. The third kappa shape index (κ3) is 4.72. The summed E-state index contributed by atoms with van der Waals surface area (Å²) in [6, 6.07) is 7.88. The summed E-state index contributed by atoms with van der Waals surface area (Å²) >= 11 is 0. The minimum atomic E-state index is -0.488. The van der Waals surface area contributed by atoms with E-state index in [0.717, 1.165) is 33.7 Å². The van der Waals surface area contributed by atoms with Crippen LogP contribution >= 0.6 is 0 Å². The quantitative estimate of drug-likeness (QED) is 0.831. The van der Waals surface area contributed by atoms with E-state index in [2.05, 4.69) is 28.4 Å². The molecule has 0 radical (unpaired) electrons. The van der Waals surface area contributed by atoms with Crippen LogP contribution in [0.25, 0.3) is 5.57 Å². The molecule has 0 atom stereocenters. The van der Waals surface area contributed by atoms with Crippen LogP contribution in [-0.4, -0.2) is 17.7 Å². The van der Waals surface area contributed by atoms with Gasteiger partial charge < -0.3 is 15.2 Å². The first-order chi connectivity index (χ1) is 11.7. The molecule has 1 aromatic carbocycles. The summed E-state index contributed by atoms with van der Waals surface area (Å²) in [4.78, 5) is 12.3. The van der Waals surface area contributed by atoms with Crippen molar-refractivity contribution in [1.82, 2.24) is 15.8 Å². The Bertz CT molecular complexity index is 755. The highest BCUT2D eigenvalue weighted by atomic mass is 16.5. The Morgan fingerprint density at radius 3 is 2.64 bits per heavy atom. The van der Waals surface area contributed by atoms with Gasteiger partial charge in [0.1, 0.15) is 5.76 Å². The SMILES string of the molecule is C=C(C)c1cccc(C(C)(C)NC(=O)NCCc2c(C)noc2C)c1. The predicted octanol–water partition coefficient (Wildman–Crippen LogP) is 4.10. The van der Waals surface area contributed by atoms with Gasteiger partial charge in [0.2, 0.25) is 0 Å². The van der Waals surface area contributed by atoms with Gasteiger partial charge in [-0.15, -0.1) is 0 Å². The molecule has 0 aliphatic heterocycles. The van der Waals surface area contributed by atoms with Crippen LogP contribution in [0.2, 0.25) is 0 Å². The Kier molecular flexibility index (Phi) is 5.67. The first-order valence-electron chi connectivity index (χ1n) is 8.45. The number of amides is 2. The molecule has 2 amide bonds. The van der Waals surface area contributed by atoms with Crippen LogP contribution in [0.1, 0.15) is 48.9 Å². The van der Waals surface area contributed by atoms with E-state index in [4.69, 9.17) is 4.52 Å². The number of rotatable bonds is 6. The summed E-state index contributed by atoms with van der Waals surface area (Å²) in [7, 11) is 0. The Balaban J connectivity index is 1.94. The highest BCUT2D eigenvalue weighted by Gasteiger charge is 2.23. The number of allylic oxidation sites excluding steroid dienone is 1. The monoisotopic (exact) mass is 341 g/mol. The average molecular weight is 341 g/mol. The number of carbonyl (C=O) groups excluding carboxylic acids is 1. The van der Waals surface area contributed by atoms with Crippen LogP contribution in [0.3, 0.4) is 0 Å². The second-order valence-electron chi connectivity index (χ2n) is 6.92. The second kappa shape index (κ2) is 7.55. The van der Waals surface area contributed by atoms with E-state index >= 15 is 0 Å². The molecular weight excluding hydrogens is 314 g/mol. The fraction of sp³-hybridized carbons (Fsp3) is 0.400. The number of carbonyl (C=O) groups is 1. The van der Waals surface area contributed by atoms with E-state index in [-0.39, 0.29) is 6.03 Å². The molecule has 0 spiro atoms. The van der Waals surface area contributed by atoms with Gasteiger partial charge in [0.15, 0.2) is 0 Å². The van der Waals surface area contributed by atoms with Crippen molar-refractivity contribution >= 4 is 11.6 Å². The molecule has 0 saturated heterocycles. The zero-order valence-corrected chi connectivity index (χ0v) is 15.7. The number of nitrogens with zero attached hydrogens (tertiary/aromatic N) is 1. The molecule has 5 nitrogen and oxygen atoms in total. The van der Waals surface area contributed by atoms with Gasteiger partial charge >= 0.3 is 6.03 Å². The topological polar surface area (TPSA) is 67.2 Å². The molecular formula is C20H27N3O2. The van der Waals surface area contributed by atoms with Gasteiger partial charge in [-0.25, -0.2) is 4.79 Å². The third-order valence-corrected chi connectivity index (χ3v) is 4.34. The van der Waals surface area contributed by atoms with Gasteiger partial charge in [-0.1, -0.05) is 35.5 Å². The summed E-state index contributed by atoms with van der Waals surface area (Å²) in [6.07, 6.45) is 0.695. The summed E-state index contributed by atoms with van der Waals surface area (Å²) in [6.45, 7) is 14.2. The molecule has 5 heteroatoms. The highest BCUT2D eigenvalue weighted by Crippen LogP contribution is 2.23. The molecule has 1 heterocycles. The smallest absolute Gasteiger partial charge is 0.315 e. The molecule has 0 aliphatic rings. The maximum atomic E-state index is 12.3. The fourth-order valence-corrected chi connectivity index (χ4v) is 2.73. The number of aryl methyl sites for hydroxylation is 2. The lowest BCUT2D eigenvalue weighted by atomic mass is 9.92. The summed E-state index contributed by atoms with van der Waals surface area (Å²) < 4.78 is 5.14. The van der Waals surface area contributed by atoms with Crippen LogP contribution in [0.15, 0.2) is 35.4 Å². The van der Waals surface area contributed by atoms with E-state index in [9.17, 15) is 4.79 Å². The maximum absolute atomic E-state index is 12.3. The van der Waals surface area contributed by atoms with E-state index in [0.29, 0.717) is 13.0 Å². The summed E-state index contributed by atoms with van der Waals surface area (Å²) in [5, 5.41) is 9.86. The first-order valence-corrected chi connectivity index (χ1v) is 8.45. The standard InChI is InChI=1S/C20H27N3O2/c1-13(2)16-8-7-9-17(12-16)20(5,6)22-19(24)21-11-10-18-14(3)23-25-15(18)4/h7-9,12H,1,10-11H2,2-6H3,(H2,21,22,24). The van der Waals surface area contributed by atoms with Crippen LogP contribution < -0.4 is 10.6 Å².